The second-order valence-electron chi connectivity index (χ2n) is 4.52. The van der Waals surface area contributed by atoms with Crippen LogP contribution in [0.15, 0.2) is 35.6 Å². The van der Waals surface area contributed by atoms with Gasteiger partial charge in [-0.1, -0.05) is 29.3 Å². The Morgan fingerprint density at radius 1 is 1.23 bits per heavy atom. The molecule has 0 atom stereocenters. The molecule has 1 aliphatic rings. The molecule has 2 heterocycles. The molecule has 6 nitrogen and oxygen atoms in total. The smallest absolute Gasteiger partial charge is 0.258 e. The van der Waals surface area contributed by atoms with Crippen molar-refractivity contribution in [1.82, 2.24) is 15.3 Å². The number of nitrogens with one attached hydrogen (secondary N) is 2. The van der Waals surface area contributed by atoms with E-state index < -0.39 is 0 Å². The summed E-state index contributed by atoms with van der Waals surface area (Å²) >= 11 is 12.0. The Hall–Kier alpha value is -2.05. The average Bonchev–Trinajstić information content (AvgIpc) is 3.01. The van der Waals surface area contributed by atoms with Crippen LogP contribution in [0.25, 0.3) is 0 Å². The fourth-order valence-corrected chi connectivity index (χ4v) is 2.36. The quantitative estimate of drug-likeness (QED) is 0.897. The summed E-state index contributed by atoms with van der Waals surface area (Å²) in [5.41, 5.74) is 0.819. The molecule has 0 fully saturated rings. The number of guanidine groups is 1. The molecule has 8 heteroatoms. The van der Waals surface area contributed by atoms with Crippen molar-refractivity contribution in [3.8, 4) is 5.88 Å². The molecule has 1 aromatic heterocycles. The van der Waals surface area contributed by atoms with Gasteiger partial charge in [-0.05, 0) is 12.1 Å². The Kier molecular flexibility index (Phi) is 4.60. The van der Waals surface area contributed by atoms with Gasteiger partial charge in [-0.25, -0.2) is 9.97 Å². The topological polar surface area (TPSA) is 71.4 Å². The first-order chi connectivity index (χ1) is 10.7. The lowest BCUT2D eigenvalue weighted by Crippen LogP contribution is -2.27. The molecule has 2 N–H and O–H groups in total. The van der Waals surface area contributed by atoms with Crippen molar-refractivity contribution < 1.29 is 4.74 Å². The highest BCUT2D eigenvalue weighted by Crippen LogP contribution is 2.24. The molecule has 114 valence electrons. The van der Waals surface area contributed by atoms with Crippen LogP contribution in [0.3, 0.4) is 0 Å². The summed E-state index contributed by atoms with van der Waals surface area (Å²) in [7, 11) is 0. The summed E-state index contributed by atoms with van der Waals surface area (Å²) in [6.07, 6.45) is 3.15. The van der Waals surface area contributed by atoms with E-state index in [0.717, 1.165) is 18.7 Å². The molecule has 22 heavy (non-hydrogen) atoms. The standard InChI is InChI=1S/C14H13Cl2N5O/c15-10-2-1-9(11(16)7-10)8-22-13-12(17-3-4-18-13)21-14-19-5-6-20-14/h1-4,7H,5-6,8H2,(H2,17,19,20,21). The minimum absolute atomic E-state index is 0.267. The highest BCUT2D eigenvalue weighted by Gasteiger charge is 2.12. The van der Waals surface area contributed by atoms with Crippen molar-refractivity contribution in [1.29, 1.82) is 0 Å². The summed E-state index contributed by atoms with van der Waals surface area (Å²) in [6, 6.07) is 5.25. The second kappa shape index (κ2) is 6.81. The number of anilines is 1. The third kappa shape index (κ3) is 3.58. The number of halogens is 2. The summed E-state index contributed by atoms with van der Waals surface area (Å²) in [5.74, 6) is 1.54. The summed E-state index contributed by atoms with van der Waals surface area (Å²) < 4.78 is 5.71. The van der Waals surface area contributed by atoms with Gasteiger partial charge in [0.15, 0.2) is 11.8 Å². The van der Waals surface area contributed by atoms with Gasteiger partial charge in [-0.15, -0.1) is 0 Å². The van der Waals surface area contributed by atoms with E-state index in [1.807, 2.05) is 6.07 Å². The Balaban J connectivity index is 1.72. The monoisotopic (exact) mass is 337 g/mol. The van der Waals surface area contributed by atoms with Crippen LogP contribution >= 0.6 is 23.2 Å². The lowest BCUT2D eigenvalue weighted by molar-refractivity contribution is 0.294. The van der Waals surface area contributed by atoms with Crippen LogP contribution in [0.1, 0.15) is 5.56 Å². The molecule has 0 saturated heterocycles. The molecule has 0 aliphatic carbocycles. The molecule has 0 radical (unpaired) electrons. The Bertz CT molecular complexity index is 707. The lowest BCUT2D eigenvalue weighted by atomic mass is 10.2. The average molecular weight is 338 g/mol. The van der Waals surface area contributed by atoms with Crippen LogP contribution < -0.4 is 15.4 Å². The number of ether oxygens (including phenoxy) is 1. The summed E-state index contributed by atoms with van der Waals surface area (Å²) in [5, 5.41) is 7.29. The molecular formula is C14H13Cl2N5O. The normalized spacial score (nSPS) is 13.5. The number of rotatable bonds is 4. The number of aromatic nitrogens is 2. The van der Waals surface area contributed by atoms with E-state index in [0.29, 0.717) is 27.7 Å². The van der Waals surface area contributed by atoms with E-state index in [-0.39, 0.29) is 6.61 Å². The van der Waals surface area contributed by atoms with E-state index >= 15 is 0 Å². The van der Waals surface area contributed by atoms with Gasteiger partial charge < -0.3 is 15.4 Å². The number of nitrogens with zero attached hydrogens (tertiary/aromatic N) is 3. The van der Waals surface area contributed by atoms with E-state index in [9.17, 15) is 0 Å². The van der Waals surface area contributed by atoms with Crippen molar-refractivity contribution in [2.45, 2.75) is 6.61 Å². The molecule has 0 unspecified atom stereocenters. The van der Waals surface area contributed by atoms with Gasteiger partial charge in [-0.2, -0.15) is 0 Å². The fourth-order valence-electron chi connectivity index (χ4n) is 1.90. The van der Waals surface area contributed by atoms with Crippen LogP contribution in [0.5, 0.6) is 5.88 Å². The van der Waals surface area contributed by atoms with Crippen LogP contribution in [0.2, 0.25) is 10.0 Å². The molecule has 2 aromatic rings. The number of hydrogen-bond donors (Lipinski definition) is 2. The van der Waals surface area contributed by atoms with Gasteiger partial charge in [-0.3, -0.25) is 4.99 Å². The molecule has 1 aromatic carbocycles. The third-order valence-electron chi connectivity index (χ3n) is 2.96. The molecular weight excluding hydrogens is 325 g/mol. The predicted octanol–water partition coefficient (Wildman–Crippen LogP) is 2.73. The Morgan fingerprint density at radius 2 is 2.09 bits per heavy atom. The molecule has 0 saturated carbocycles. The van der Waals surface area contributed by atoms with E-state index in [1.165, 1.54) is 0 Å². The summed E-state index contributed by atoms with van der Waals surface area (Å²) in [6.45, 7) is 1.81. The zero-order valence-electron chi connectivity index (χ0n) is 11.5. The summed E-state index contributed by atoms with van der Waals surface area (Å²) in [4.78, 5) is 12.7. The molecule has 0 amide bonds. The van der Waals surface area contributed by atoms with Crippen molar-refractivity contribution in [2.24, 2.45) is 4.99 Å². The van der Waals surface area contributed by atoms with Crippen molar-refractivity contribution >= 4 is 35.0 Å². The first-order valence-corrected chi connectivity index (χ1v) is 7.41. The van der Waals surface area contributed by atoms with Crippen molar-refractivity contribution in [3.63, 3.8) is 0 Å². The molecule has 3 rings (SSSR count). The number of aliphatic imine (C=N–C) groups is 1. The van der Waals surface area contributed by atoms with Gasteiger partial charge in [0, 0.05) is 34.5 Å². The SMILES string of the molecule is Clc1ccc(COc2nccnc2NC2=NCCN2)c(Cl)c1. The maximum absolute atomic E-state index is 6.13. The minimum atomic E-state index is 0.267. The highest BCUT2D eigenvalue weighted by molar-refractivity contribution is 6.35. The zero-order valence-corrected chi connectivity index (χ0v) is 13.0. The lowest BCUT2D eigenvalue weighted by Gasteiger charge is -2.11. The Morgan fingerprint density at radius 3 is 2.86 bits per heavy atom. The van der Waals surface area contributed by atoms with Crippen LogP contribution in [-0.2, 0) is 6.61 Å². The Labute approximate surface area is 137 Å². The van der Waals surface area contributed by atoms with E-state index in [1.54, 1.807) is 24.5 Å². The maximum Gasteiger partial charge on any atom is 0.258 e. The fraction of sp³-hybridized carbons (Fsp3) is 0.214. The first kappa shape index (κ1) is 14.9. The van der Waals surface area contributed by atoms with Crippen LogP contribution in [0, 0.1) is 0 Å². The second-order valence-corrected chi connectivity index (χ2v) is 5.36. The van der Waals surface area contributed by atoms with Crippen molar-refractivity contribution in [2.75, 3.05) is 18.4 Å². The largest absolute Gasteiger partial charge is 0.470 e. The zero-order chi connectivity index (χ0) is 15.4. The minimum Gasteiger partial charge on any atom is -0.470 e. The number of benzene rings is 1. The number of hydrogen-bond acceptors (Lipinski definition) is 6. The predicted molar refractivity (Wildman–Crippen MR) is 86.8 cm³/mol. The van der Waals surface area contributed by atoms with Crippen LogP contribution in [-0.4, -0.2) is 29.0 Å². The van der Waals surface area contributed by atoms with Gasteiger partial charge in [0.2, 0.25) is 0 Å². The van der Waals surface area contributed by atoms with Gasteiger partial charge in [0.1, 0.15) is 6.61 Å². The van der Waals surface area contributed by atoms with E-state index in [4.69, 9.17) is 27.9 Å². The third-order valence-corrected chi connectivity index (χ3v) is 3.54. The van der Waals surface area contributed by atoms with Gasteiger partial charge >= 0.3 is 0 Å². The van der Waals surface area contributed by atoms with E-state index in [2.05, 4.69) is 25.6 Å². The molecule has 0 bridgehead atoms. The highest BCUT2D eigenvalue weighted by atomic mass is 35.5. The van der Waals surface area contributed by atoms with Gasteiger partial charge in [0.25, 0.3) is 5.88 Å². The van der Waals surface area contributed by atoms with Gasteiger partial charge in [0.05, 0.1) is 6.54 Å². The van der Waals surface area contributed by atoms with Crippen molar-refractivity contribution in [3.05, 3.63) is 46.2 Å². The maximum atomic E-state index is 6.13. The first-order valence-electron chi connectivity index (χ1n) is 6.65. The van der Waals surface area contributed by atoms with Crippen LogP contribution in [0.4, 0.5) is 5.82 Å². The molecule has 1 aliphatic heterocycles. The molecule has 0 spiro atoms.